The van der Waals surface area contributed by atoms with Crippen molar-refractivity contribution in [2.45, 2.75) is 58.4 Å². The van der Waals surface area contributed by atoms with E-state index in [1.54, 1.807) is 33.8 Å². The summed E-state index contributed by atoms with van der Waals surface area (Å²) in [5.41, 5.74) is -1.81. The molecule has 0 radical (unpaired) electrons. The maximum Gasteiger partial charge on any atom is 0.417 e. The number of alkyl halides is 3. The van der Waals surface area contributed by atoms with Crippen molar-refractivity contribution in [3.05, 3.63) is 62.6 Å². The van der Waals surface area contributed by atoms with Gasteiger partial charge in [-0.3, -0.25) is 13.9 Å². The van der Waals surface area contributed by atoms with Gasteiger partial charge in [0.1, 0.15) is 12.6 Å². The number of nitrogens with zero attached hydrogens (tertiary/aromatic N) is 2. The average molecular weight is 631 g/mol. The third-order valence-corrected chi connectivity index (χ3v) is 7.65. The highest BCUT2D eigenvalue weighted by atomic mass is 35.5. The molecule has 216 valence electrons. The first-order valence-corrected chi connectivity index (χ1v) is 14.6. The van der Waals surface area contributed by atoms with Crippen molar-refractivity contribution in [3.63, 3.8) is 0 Å². The summed E-state index contributed by atoms with van der Waals surface area (Å²) in [6, 6.07) is 6.09. The number of hydrogen-bond acceptors (Lipinski definition) is 4. The van der Waals surface area contributed by atoms with Gasteiger partial charge in [0.2, 0.25) is 21.8 Å². The lowest BCUT2D eigenvalue weighted by Gasteiger charge is -2.34. The number of benzene rings is 2. The van der Waals surface area contributed by atoms with Crippen LogP contribution in [-0.2, 0) is 32.3 Å². The molecule has 0 aliphatic carbocycles. The number of nitrogens with one attached hydrogen (secondary N) is 1. The van der Waals surface area contributed by atoms with Gasteiger partial charge in [-0.05, 0) is 63.1 Å². The second-order valence-electron chi connectivity index (χ2n) is 9.86. The molecule has 0 fully saturated rings. The van der Waals surface area contributed by atoms with E-state index in [1.165, 1.54) is 17.0 Å². The first-order chi connectivity index (χ1) is 17.7. The van der Waals surface area contributed by atoms with Crippen molar-refractivity contribution in [2.24, 2.45) is 0 Å². The largest absolute Gasteiger partial charge is 0.417 e. The zero-order valence-electron chi connectivity index (χ0n) is 21.9. The van der Waals surface area contributed by atoms with Crippen molar-refractivity contribution in [3.8, 4) is 0 Å². The van der Waals surface area contributed by atoms with E-state index in [0.29, 0.717) is 15.9 Å². The predicted octanol–water partition coefficient (Wildman–Crippen LogP) is 6.15. The molecule has 0 aromatic heterocycles. The normalized spacial score (nSPS) is 13.1. The van der Waals surface area contributed by atoms with E-state index in [0.717, 1.165) is 18.4 Å². The van der Waals surface area contributed by atoms with Gasteiger partial charge in [0.25, 0.3) is 0 Å². The van der Waals surface area contributed by atoms with Crippen LogP contribution in [0.4, 0.5) is 18.9 Å². The Bertz CT molecular complexity index is 1330. The number of halogens is 6. The topological polar surface area (TPSA) is 86.8 Å². The maximum atomic E-state index is 13.7. The van der Waals surface area contributed by atoms with Crippen LogP contribution in [0.3, 0.4) is 0 Å². The summed E-state index contributed by atoms with van der Waals surface area (Å²) in [7, 11) is -4.25. The standard InChI is InChI=1S/C25H29Cl3F3N3O4S/c1-6-21(23(36)32-24(2,3)4)33(13-15-7-9-19(27)20(28)11-15)22(35)14-34(39(5,37)38)16-8-10-18(26)17(12-16)25(29,30)31/h7-12,21H,6,13-14H2,1-5H3,(H,32,36). The molecule has 2 rings (SSSR count). The van der Waals surface area contributed by atoms with Crippen LogP contribution in [0, 0.1) is 0 Å². The molecule has 39 heavy (non-hydrogen) atoms. The lowest BCUT2D eigenvalue weighted by atomic mass is 10.1. The second kappa shape index (κ2) is 12.5. The summed E-state index contributed by atoms with van der Waals surface area (Å²) in [4.78, 5) is 28.0. The number of sulfonamides is 1. The minimum Gasteiger partial charge on any atom is -0.350 e. The number of carbonyl (C=O) groups is 2. The Morgan fingerprint density at radius 1 is 0.974 bits per heavy atom. The van der Waals surface area contributed by atoms with Gasteiger partial charge in [-0.15, -0.1) is 0 Å². The van der Waals surface area contributed by atoms with Crippen LogP contribution in [0.15, 0.2) is 36.4 Å². The third-order valence-electron chi connectivity index (χ3n) is 5.44. The summed E-state index contributed by atoms with van der Waals surface area (Å²) < 4.78 is 66.3. The summed E-state index contributed by atoms with van der Waals surface area (Å²) in [5, 5.41) is 2.65. The fourth-order valence-electron chi connectivity index (χ4n) is 3.71. The van der Waals surface area contributed by atoms with Crippen molar-refractivity contribution in [2.75, 3.05) is 17.1 Å². The van der Waals surface area contributed by atoms with Crippen LogP contribution in [0.2, 0.25) is 15.1 Å². The van der Waals surface area contributed by atoms with E-state index in [4.69, 9.17) is 34.8 Å². The molecule has 2 aromatic carbocycles. The van der Waals surface area contributed by atoms with Crippen molar-refractivity contribution in [1.82, 2.24) is 10.2 Å². The monoisotopic (exact) mass is 629 g/mol. The Hall–Kier alpha value is -2.21. The van der Waals surface area contributed by atoms with Gasteiger partial charge in [-0.1, -0.05) is 47.8 Å². The van der Waals surface area contributed by atoms with Crippen LogP contribution < -0.4 is 9.62 Å². The highest BCUT2D eigenvalue weighted by molar-refractivity contribution is 7.92. The van der Waals surface area contributed by atoms with E-state index < -0.39 is 62.4 Å². The van der Waals surface area contributed by atoms with Gasteiger partial charge in [0.15, 0.2) is 0 Å². The molecule has 1 atom stereocenters. The second-order valence-corrected chi connectivity index (χ2v) is 13.0. The van der Waals surface area contributed by atoms with Crippen LogP contribution in [-0.4, -0.2) is 49.5 Å². The third kappa shape index (κ3) is 9.16. The van der Waals surface area contributed by atoms with E-state index in [1.807, 2.05) is 0 Å². The van der Waals surface area contributed by atoms with Gasteiger partial charge in [0.05, 0.1) is 32.6 Å². The van der Waals surface area contributed by atoms with Crippen LogP contribution in [0.1, 0.15) is 45.2 Å². The Morgan fingerprint density at radius 2 is 1.56 bits per heavy atom. The summed E-state index contributed by atoms with van der Waals surface area (Å²) >= 11 is 17.8. The van der Waals surface area contributed by atoms with Crippen LogP contribution >= 0.6 is 34.8 Å². The minimum atomic E-state index is -4.86. The number of carbonyl (C=O) groups excluding carboxylic acids is 2. The molecule has 0 bridgehead atoms. The smallest absolute Gasteiger partial charge is 0.350 e. The molecule has 7 nitrogen and oxygen atoms in total. The first-order valence-electron chi connectivity index (χ1n) is 11.6. The molecule has 0 saturated carbocycles. The number of hydrogen-bond donors (Lipinski definition) is 1. The van der Waals surface area contributed by atoms with Gasteiger partial charge in [0, 0.05) is 12.1 Å². The molecular weight excluding hydrogens is 602 g/mol. The molecule has 0 spiro atoms. The molecule has 2 aromatic rings. The zero-order valence-corrected chi connectivity index (χ0v) is 25.0. The number of anilines is 1. The van der Waals surface area contributed by atoms with E-state index in [2.05, 4.69) is 5.32 Å². The minimum absolute atomic E-state index is 0.155. The van der Waals surface area contributed by atoms with Gasteiger partial charge in [-0.25, -0.2) is 8.42 Å². The zero-order chi connectivity index (χ0) is 29.9. The molecule has 2 amide bonds. The summed E-state index contributed by atoms with van der Waals surface area (Å²) in [5.74, 6) is -1.32. The van der Waals surface area contributed by atoms with Gasteiger partial charge < -0.3 is 10.2 Å². The summed E-state index contributed by atoms with van der Waals surface area (Å²) in [6.45, 7) is 5.91. The Balaban J connectivity index is 2.57. The molecular formula is C25H29Cl3F3N3O4S. The van der Waals surface area contributed by atoms with E-state index in [9.17, 15) is 31.2 Å². The molecule has 0 heterocycles. The Kier molecular flexibility index (Phi) is 10.6. The quantitative estimate of drug-likeness (QED) is 0.360. The Labute approximate surface area is 241 Å². The SMILES string of the molecule is CCC(C(=O)NC(C)(C)C)N(Cc1ccc(Cl)c(Cl)c1)C(=O)CN(c1ccc(Cl)c(C(F)(F)F)c1)S(C)(=O)=O. The fourth-order valence-corrected chi connectivity index (χ4v) is 5.09. The lowest BCUT2D eigenvalue weighted by molar-refractivity contribution is -0.141. The molecule has 1 N–H and O–H groups in total. The van der Waals surface area contributed by atoms with Crippen LogP contribution in [0.25, 0.3) is 0 Å². The lowest BCUT2D eigenvalue weighted by Crippen LogP contribution is -2.55. The number of rotatable bonds is 9. The highest BCUT2D eigenvalue weighted by Crippen LogP contribution is 2.37. The van der Waals surface area contributed by atoms with Gasteiger partial charge in [-0.2, -0.15) is 13.2 Å². The highest BCUT2D eigenvalue weighted by Gasteiger charge is 2.36. The van der Waals surface area contributed by atoms with Crippen molar-refractivity contribution < 1.29 is 31.2 Å². The van der Waals surface area contributed by atoms with Crippen LogP contribution in [0.5, 0.6) is 0 Å². The maximum absolute atomic E-state index is 13.7. The first kappa shape index (κ1) is 33.0. The summed E-state index contributed by atoms with van der Waals surface area (Å²) in [6.07, 6.45) is -3.94. The number of amides is 2. The average Bonchev–Trinajstić information content (AvgIpc) is 2.77. The molecule has 1 unspecified atom stereocenters. The Morgan fingerprint density at radius 3 is 2.05 bits per heavy atom. The molecule has 0 aliphatic rings. The van der Waals surface area contributed by atoms with E-state index in [-0.39, 0.29) is 23.0 Å². The fraction of sp³-hybridized carbons (Fsp3) is 0.440. The van der Waals surface area contributed by atoms with Gasteiger partial charge >= 0.3 is 6.18 Å². The molecule has 0 aliphatic heterocycles. The predicted molar refractivity (Wildman–Crippen MR) is 148 cm³/mol. The van der Waals surface area contributed by atoms with Crippen molar-refractivity contribution in [1.29, 1.82) is 0 Å². The molecule has 14 heteroatoms. The van der Waals surface area contributed by atoms with E-state index >= 15 is 0 Å². The molecule has 0 saturated heterocycles. The van der Waals surface area contributed by atoms with Crippen molar-refractivity contribution >= 4 is 62.3 Å².